The Kier molecular flexibility index (Phi) is 5.25. The average Bonchev–Trinajstić information content (AvgIpc) is 3.27. The largest absolute Gasteiger partial charge is 0.351 e. The van der Waals surface area contributed by atoms with Crippen molar-refractivity contribution >= 4 is 46.8 Å². The van der Waals surface area contributed by atoms with Gasteiger partial charge in [-0.3, -0.25) is 19.3 Å². The lowest BCUT2D eigenvalue weighted by Crippen LogP contribution is -2.50. The van der Waals surface area contributed by atoms with E-state index in [2.05, 4.69) is 5.32 Å². The summed E-state index contributed by atoms with van der Waals surface area (Å²) in [6.45, 7) is 2.43. The maximum atomic E-state index is 13.6. The molecule has 5 rings (SSSR count). The summed E-state index contributed by atoms with van der Waals surface area (Å²) < 4.78 is 0. The molecule has 3 heterocycles. The molecule has 7 heteroatoms. The maximum Gasteiger partial charge on any atom is 0.247 e. The summed E-state index contributed by atoms with van der Waals surface area (Å²) in [6, 6.07) is 13.5. The Balaban J connectivity index is 1.55. The fraction of sp³-hybridized carbons (Fsp3) is 0.320. The number of amides is 3. The van der Waals surface area contributed by atoms with Crippen LogP contribution < -0.4 is 10.2 Å². The first-order valence-electron chi connectivity index (χ1n) is 11.0. The van der Waals surface area contributed by atoms with Gasteiger partial charge in [-0.2, -0.15) is 0 Å². The van der Waals surface area contributed by atoms with Crippen LogP contribution in [-0.2, 0) is 14.4 Å². The highest BCUT2D eigenvalue weighted by Crippen LogP contribution is 2.48. The zero-order chi connectivity index (χ0) is 22.4. The Morgan fingerprint density at radius 1 is 1.03 bits per heavy atom. The molecule has 3 amide bonds. The fourth-order valence-electron chi connectivity index (χ4n) is 5.16. The second kappa shape index (κ2) is 8.10. The van der Waals surface area contributed by atoms with E-state index in [9.17, 15) is 14.4 Å². The number of unbranched alkanes of at least 4 members (excludes halogenated alkanes) is 1. The molecule has 0 unspecified atom stereocenters. The third-order valence-electron chi connectivity index (χ3n) is 6.62. The van der Waals surface area contributed by atoms with E-state index in [4.69, 9.17) is 11.6 Å². The summed E-state index contributed by atoms with van der Waals surface area (Å²) in [5.74, 6) is -2.00. The maximum absolute atomic E-state index is 13.6. The van der Waals surface area contributed by atoms with E-state index in [0.717, 1.165) is 24.1 Å². The van der Waals surface area contributed by atoms with Gasteiger partial charge < -0.3 is 10.2 Å². The molecule has 0 aromatic heterocycles. The standard InChI is InChI=1S/C25H24ClN3O3/c1-2-3-14-28-24(31)20-19-13-8-15-6-4-5-7-18(15)29(19)22(21(20)25(28)32)23(30)27-17-11-9-16(26)10-12-17/h4-13,19-22H,2-3,14H2,1H3,(H,27,30)/t19-,20+,21+,22+/m1/s1. The Hall–Kier alpha value is -3.12. The number of likely N-dealkylation sites (tertiary alicyclic amines) is 1. The molecular weight excluding hydrogens is 426 g/mol. The molecule has 3 aliphatic heterocycles. The molecule has 2 aromatic carbocycles. The van der Waals surface area contributed by atoms with Crippen molar-refractivity contribution in [3.8, 4) is 0 Å². The molecule has 0 spiro atoms. The minimum atomic E-state index is -0.783. The van der Waals surface area contributed by atoms with E-state index in [1.165, 1.54) is 4.90 Å². The van der Waals surface area contributed by atoms with E-state index < -0.39 is 17.9 Å². The predicted octanol–water partition coefficient (Wildman–Crippen LogP) is 3.96. The highest BCUT2D eigenvalue weighted by Gasteiger charge is 2.63. The van der Waals surface area contributed by atoms with Crippen LogP contribution in [-0.4, -0.2) is 41.2 Å². The molecule has 2 saturated heterocycles. The lowest BCUT2D eigenvalue weighted by atomic mass is 9.88. The van der Waals surface area contributed by atoms with Gasteiger partial charge in [-0.15, -0.1) is 0 Å². The van der Waals surface area contributed by atoms with Gasteiger partial charge in [0.15, 0.2) is 0 Å². The number of rotatable bonds is 5. The zero-order valence-electron chi connectivity index (χ0n) is 17.7. The van der Waals surface area contributed by atoms with E-state index in [-0.39, 0.29) is 23.8 Å². The lowest BCUT2D eigenvalue weighted by Gasteiger charge is -2.36. The van der Waals surface area contributed by atoms with Crippen LogP contribution in [0.25, 0.3) is 6.08 Å². The molecule has 0 saturated carbocycles. The van der Waals surface area contributed by atoms with E-state index >= 15 is 0 Å². The first-order valence-corrected chi connectivity index (χ1v) is 11.4. The molecule has 4 atom stereocenters. The molecule has 0 radical (unpaired) electrons. The van der Waals surface area contributed by atoms with Gasteiger partial charge in [-0.25, -0.2) is 0 Å². The summed E-state index contributed by atoms with van der Waals surface area (Å²) in [6.07, 6.45) is 5.59. The highest BCUT2D eigenvalue weighted by molar-refractivity contribution is 6.30. The number of halogens is 1. The second-order valence-corrected chi connectivity index (χ2v) is 8.93. The van der Waals surface area contributed by atoms with Gasteiger partial charge >= 0.3 is 0 Å². The number of carbonyl (C=O) groups excluding carboxylic acids is 3. The quantitative estimate of drug-likeness (QED) is 0.701. The number of nitrogens with one attached hydrogen (secondary N) is 1. The van der Waals surface area contributed by atoms with Crippen molar-refractivity contribution in [3.63, 3.8) is 0 Å². The number of imide groups is 1. The molecule has 32 heavy (non-hydrogen) atoms. The second-order valence-electron chi connectivity index (χ2n) is 8.49. The summed E-state index contributed by atoms with van der Waals surface area (Å²) in [4.78, 5) is 43.7. The lowest BCUT2D eigenvalue weighted by molar-refractivity contribution is -0.141. The number of fused-ring (bicyclic) bond motifs is 5. The number of nitrogens with zero attached hydrogens (tertiary/aromatic N) is 2. The van der Waals surface area contributed by atoms with Crippen LogP contribution in [0.1, 0.15) is 25.3 Å². The van der Waals surface area contributed by atoms with Crippen molar-refractivity contribution in [1.82, 2.24) is 4.90 Å². The van der Waals surface area contributed by atoms with Crippen LogP contribution in [0.15, 0.2) is 54.6 Å². The number of benzene rings is 2. The minimum absolute atomic E-state index is 0.172. The molecular formula is C25H24ClN3O3. The summed E-state index contributed by atoms with van der Waals surface area (Å²) in [7, 11) is 0. The van der Waals surface area contributed by atoms with Gasteiger partial charge in [0, 0.05) is 22.9 Å². The van der Waals surface area contributed by atoms with Crippen molar-refractivity contribution in [1.29, 1.82) is 0 Å². The average molecular weight is 450 g/mol. The molecule has 0 aliphatic carbocycles. The Labute approximate surface area is 191 Å². The number of para-hydroxylation sites is 1. The zero-order valence-corrected chi connectivity index (χ0v) is 18.5. The minimum Gasteiger partial charge on any atom is -0.351 e. The molecule has 3 aliphatic rings. The molecule has 164 valence electrons. The summed E-state index contributed by atoms with van der Waals surface area (Å²) in [5, 5.41) is 3.51. The van der Waals surface area contributed by atoms with Crippen LogP contribution in [0.5, 0.6) is 0 Å². The SMILES string of the molecule is CCCCN1C(=O)[C@@H]2[C@H](C1=O)[C@@H](C(=O)Nc1ccc(Cl)cc1)N1c3ccccc3C=C[C@H]21. The topological polar surface area (TPSA) is 69.7 Å². The fourth-order valence-corrected chi connectivity index (χ4v) is 5.29. The van der Waals surface area contributed by atoms with Gasteiger partial charge in [-0.1, -0.05) is 55.3 Å². The van der Waals surface area contributed by atoms with Crippen LogP contribution in [0.4, 0.5) is 11.4 Å². The van der Waals surface area contributed by atoms with Crippen LogP contribution >= 0.6 is 11.6 Å². The molecule has 2 aromatic rings. The van der Waals surface area contributed by atoms with Crippen molar-refractivity contribution < 1.29 is 14.4 Å². The third kappa shape index (κ3) is 3.21. The number of anilines is 2. The number of hydrogen-bond donors (Lipinski definition) is 1. The summed E-state index contributed by atoms with van der Waals surface area (Å²) in [5.41, 5.74) is 2.43. The van der Waals surface area contributed by atoms with E-state index in [1.54, 1.807) is 24.3 Å². The molecule has 6 nitrogen and oxygen atoms in total. The van der Waals surface area contributed by atoms with E-state index in [0.29, 0.717) is 17.3 Å². The molecule has 1 N–H and O–H groups in total. The Morgan fingerprint density at radius 3 is 2.50 bits per heavy atom. The van der Waals surface area contributed by atoms with Crippen LogP contribution in [0.3, 0.4) is 0 Å². The van der Waals surface area contributed by atoms with Gasteiger partial charge in [0.25, 0.3) is 0 Å². The van der Waals surface area contributed by atoms with Crippen LogP contribution in [0, 0.1) is 11.8 Å². The van der Waals surface area contributed by atoms with Crippen LogP contribution in [0.2, 0.25) is 5.02 Å². The van der Waals surface area contributed by atoms with E-state index in [1.807, 2.05) is 48.2 Å². The van der Waals surface area contributed by atoms with Gasteiger partial charge in [-0.05, 0) is 42.3 Å². The monoisotopic (exact) mass is 449 g/mol. The first kappa shape index (κ1) is 20.8. The predicted molar refractivity (Wildman–Crippen MR) is 124 cm³/mol. The van der Waals surface area contributed by atoms with Crippen molar-refractivity contribution in [3.05, 3.63) is 65.2 Å². The van der Waals surface area contributed by atoms with Crippen molar-refractivity contribution in [2.45, 2.75) is 31.8 Å². The molecule has 2 fully saturated rings. The van der Waals surface area contributed by atoms with Crippen molar-refractivity contribution in [2.75, 3.05) is 16.8 Å². The van der Waals surface area contributed by atoms with Gasteiger partial charge in [0.05, 0.1) is 17.9 Å². The molecule has 0 bridgehead atoms. The van der Waals surface area contributed by atoms with Gasteiger partial charge in [0.1, 0.15) is 6.04 Å². The third-order valence-corrected chi connectivity index (χ3v) is 6.87. The Bertz CT molecular complexity index is 1110. The van der Waals surface area contributed by atoms with Gasteiger partial charge in [0.2, 0.25) is 17.7 Å². The number of carbonyl (C=O) groups is 3. The number of hydrogen-bond acceptors (Lipinski definition) is 4. The highest BCUT2D eigenvalue weighted by atomic mass is 35.5. The smallest absolute Gasteiger partial charge is 0.247 e. The van der Waals surface area contributed by atoms with Crippen molar-refractivity contribution in [2.24, 2.45) is 11.8 Å². The summed E-state index contributed by atoms with van der Waals surface area (Å²) >= 11 is 5.97. The first-order chi connectivity index (χ1) is 15.5. The normalized spacial score (nSPS) is 25.6. The Morgan fingerprint density at radius 2 is 1.75 bits per heavy atom.